The molecule has 1 saturated carbocycles. The molecule has 8 heteroatoms. The molecule has 1 aliphatic carbocycles. The molecular formula is C17H25ClN4O2Si. The van der Waals surface area contributed by atoms with Crippen molar-refractivity contribution in [2.24, 2.45) is 10.2 Å². The number of hydrogen-bond donors (Lipinski definition) is 0. The lowest BCUT2D eigenvalue weighted by Crippen LogP contribution is -2.56. The smallest absolute Gasteiger partial charge is 0.296 e. The van der Waals surface area contributed by atoms with Gasteiger partial charge in [0.05, 0.1) is 11.1 Å². The first kappa shape index (κ1) is 18.3. The SMILES string of the molecule is CC[Si](C)(C)C(=O)N(C1=NN=C2C1=CN(C(=O)Cl)C2(C)C)C1CCC1. The second-order valence-corrected chi connectivity index (χ2v) is 13.3. The molecule has 0 spiro atoms. The molecule has 0 bridgehead atoms. The van der Waals surface area contributed by atoms with Crippen LogP contribution in [0.25, 0.3) is 0 Å². The van der Waals surface area contributed by atoms with Gasteiger partial charge in [-0.1, -0.05) is 26.1 Å². The van der Waals surface area contributed by atoms with E-state index in [0.717, 1.165) is 30.9 Å². The van der Waals surface area contributed by atoms with Crippen molar-refractivity contribution in [3.63, 3.8) is 0 Å². The van der Waals surface area contributed by atoms with Gasteiger partial charge in [-0.15, -0.1) is 5.10 Å². The van der Waals surface area contributed by atoms with E-state index in [1.165, 1.54) is 4.90 Å². The predicted octanol–water partition coefficient (Wildman–Crippen LogP) is 4.38. The Morgan fingerprint density at radius 1 is 1.36 bits per heavy atom. The lowest BCUT2D eigenvalue weighted by atomic mass is 9.90. The number of carbonyl (C=O) groups excluding carboxylic acids is 2. The Morgan fingerprint density at radius 3 is 2.48 bits per heavy atom. The van der Waals surface area contributed by atoms with Crippen LogP contribution in [-0.4, -0.2) is 51.9 Å². The second kappa shape index (κ2) is 6.05. The van der Waals surface area contributed by atoms with Crippen LogP contribution in [0.3, 0.4) is 0 Å². The van der Waals surface area contributed by atoms with Gasteiger partial charge in [-0.2, -0.15) is 5.10 Å². The third-order valence-electron chi connectivity index (χ3n) is 5.72. The van der Waals surface area contributed by atoms with E-state index in [0.29, 0.717) is 11.5 Å². The summed E-state index contributed by atoms with van der Waals surface area (Å²) in [6.45, 7) is 10.0. The van der Waals surface area contributed by atoms with Crippen molar-refractivity contribution in [1.29, 1.82) is 0 Å². The number of rotatable bonds is 3. The molecule has 25 heavy (non-hydrogen) atoms. The molecule has 0 N–H and O–H groups in total. The van der Waals surface area contributed by atoms with E-state index in [1.54, 1.807) is 6.20 Å². The van der Waals surface area contributed by atoms with Crippen LogP contribution in [0.4, 0.5) is 9.59 Å². The number of amidine groups is 1. The van der Waals surface area contributed by atoms with Crippen LogP contribution < -0.4 is 0 Å². The Hall–Kier alpha value is -1.47. The van der Waals surface area contributed by atoms with Crippen molar-refractivity contribution >= 4 is 42.1 Å². The molecule has 0 aromatic carbocycles. The summed E-state index contributed by atoms with van der Waals surface area (Å²) >= 11 is 5.74. The minimum atomic E-state index is -2.05. The minimum absolute atomic E-state index is 0.184. The topological polar surface area (TPSA) is 65.3 Å². The zero-order valence-electron chi connectivity index (χ0n) is 15.5. The predicted molar refractivity (Wildman–Crippen MR) is 103 cm³/mol. The molecule has 0 atom stereocenters. The Morgan fingerprint density at radius 2 is 2.00 bits per heavy atom. The first-order valence-electron chi connectivity index (χ1n) is 8.82. The van der Waals surface area contributed by atoms with E-state index in [4.69, 9.17) is 11.6 Å². The molecule has 3 rings (SSSR count). The van der Waals surface area contributed by atoms with Crippen molar-refractivity contribution in [3.8, 4) is 0 Å². The fraction of sp³-hybridized carbons (Fsp3) is 0.647. The molecule has 0 saturated heterocycles. The van der Waals surface area contributed by atoms with E-state index in [2.05, 4.69) is 30.2 Å². The van der Waals surface area contributed by atoms with Crippen molar-refractivity contribution in [2.45, 2.75) is 70.8 Å². The van der Waals surface area contributed by atoms with E-state index < -0.39 is 19.0 Å². The van der Waals surface area contributed by atoms with E-state index in [-0.39, 0.29) is 11.6 Å². The molecule has 2 heterocycles. The monoisotopic (exact) mass is 380 g/mol. The van der Waals surface area contributed by atoms with Crippen molar-refractivity contribution in [2.75, 3.05) is 0 Å². The third-order valence-corrected chi connectivity index (χ3v) is 9.07. The fourth-order valence-corrected chi connectivity index (χ4v) is 4.80. The largest absolute Gasteiger partial charge is 0.321 e. The fourth-order valence-electron chi connectivity index (χ4n) is 3.29. The second-order valence-electron chi connectivity index (χ2n) is 8.09. The summed E-state index contributed by atoms with van der Waals surface area (Å²) < 4.78 is 0. The zero-order chi connectivity index (χ0) is 18.6. The van der Waals surface area contributed by atoms with Gasteiger partial charge in [-0.05, 0) is 44.7 Å². The molecular weight excluding hydrogens is 356 g/mol. The summed E-state index contributed by atoms with van der Waals surface area (Å²) in [6, 6.07) is 1.07. The highest BCUT2D eigenvalue weighted by Crippen LogP contribution is 2.38. The highest BCUT2D eigenvalue weighted by atomic mass is 35.5. The Labute approximate surface area is 154 Å². The van der Waals surface area contributed by atoms with Crippen LogP contribution in [0.1, 0.15) is 40.0 Å². The number of fused-ring (bicyclic) bond motifs is 1. The summed E-state index contributed by atoms with van der Waals surface area (Å²) in [5.41, 5.74) is 0.986. The molecule has 2 amide bonds. The van der Waals surface area contributed by atoms with Crippen LogP contribution in [0.5, 0.6) is 0 Å². The lowest BCUT2D eigenvalue weighted by molar-refractivity contribution is 0.201. The molecule has 6 nitrogen and oxygen atoms in total. The average molecular weight is 381 g/mol. The zero-order valence-corrected chi connectivity index (χ0v) is 17.2. The minimum Gasteiger partial charge on any atom is -0.296 e. The van der Waals surface area contributed by atoms with Gasteiger partial charge in [0.15, 0.2) is 19.4 Å². The van der Waals surface area contributed by atoms with Gasteiger partial charge in [-0.25, -0.2) is 0 Å². The van der Waals surface area contributed by atoms with Gasteiger partial charge in [0.25, 0.3) is 0 Å². The van der Waals surface area contributed by atoms with Gasteiger partial charge < -0.3 is 0 Å². The highest BCUT2D eigenvalue weighted by Gasteiger charge is 2.49. The van der Waals surface area contributed by atoms with Crippen molar-refractivity contribution in [3.05, 3.63) is 11.8 Å². The van der Waals surface area contributed by atoms with Gasteiger partial charge in [-0.3, -0.25) is 19.4 Å². The van der Waals surface area contributed by atoms with Gasteiger partial charge >= 0.3 is 5.37 Å². The molecule has 3 aliphatic rings. The van der Waals surface area contributed by atoms with E-state index in [1.807, 2.05) is 18.7 Å². The molecule has 0 unspecified atom stereocenters. The quantitative estimate of drug-likeness (QED) is 0.414. The first-order chi connectivity index (χ1) is 11.6. The van der Waals surface area contributed by atoms with Crippen LogP contribution in [0.15, 0.2) is 22.0 Å². The average Bonchev–Trinajstić information content (AvgIpc) is 3.01. The number of nitrogens with zero attached hydrogens (tertiary/aromatic N) is 4. The van der Waals surface area contributed by atoms with Crippen molar-refractivity contribution in [1.82, 2.24) is 9.80 Å². The maximum Gasteiger partial charge on any atom is 0.321 e. The molecule has 0 aromatic heterocycles. The van der Waals surface area contributed by atoms with E-state index >= 15 is 0 Å². The summed E-state index contributed by atoms with van der Waals surface area (Å²) in [5.74, 6) is 0.590. The summed E-state index contributed by atoms with van der Waals surface area (Å²) in [4.78, 5) is 28.4. The summed E-state index contributed by atoms with van der Waals surface area (Å²) in [7, 11) is -2.05. The number of carbonyl (C=O) groups is 2. The molecule has 0 aromatic rings. The summed E-state index contributed by atoms with van der Waals surface area (Å²) in [6.07, 6.45) is 4.80. The van der Waals surface area contributed by atoms with Gasteiger partial charge in [0, 0.05) is 12.2 Å². The molecule has 1 fully saturated rings. The van der Waals surface area contributed by atoms with Crippen LogP contribution in [0, 0.1) is 0 Å². The molecule has 0 radical (unpaired) electrons. The standard InChI is InChI=1S/C17H25ClN4O2Si/c1-6-25(4,5)16(24)22(11-8-7-9-11)14-12-10-21(15(18)23)17(2,3)13(12)19-20-14/h10-11H,6-9H2,1-5H3. The molecule has 136 valence electrons. The lowest BCUT2D eigenvalue weighted by Gasteiger charge is -2.40. The maximum atomic E-state index is 13.3. The van der Waals surface area contributed by atoms with Gasteiger partial charge in [0.1, 0.15) is 5.71 Å². The van der Waals surface area contributed by atoms with E-state index in [9.17, 15) is 9.59 Å². The molecule has 2 aliphatic heterocycles. The van der Waals surface area contributed by atoms with Crippen LogP contribution in [-0.2, 0) is 0 Å². The number of hydrogen-bond acceptors (Lipinski definition) is 4. The van der Waals surface area contributed by atoms with Crippen LogP contribution in [0.2, 0.25) is 19.1 Å². The maximum absolute atomic E-state index is 13.3. The van der Waals surface area contributed by atoms with Crippen molar-refractivity contribution < 1.29 is 9.59 Å². The number of halogens is 1. The van der Waals surface area contributed by atoms with Crippen LogP contribution >= 0.6 is 11.6 Å². The number of amides is 2. The normalized spacial score (nSPS) is 22.0. The highest BCUT2D eigenvalue weighted by molar-refractivity contribution is 7.04. The van der Waals surface area contributed by atoms with Gasteiger partial charge in [0.2, 0.25) is 0 Å². The summed E-state index contributed by atoms with van der Waals surface area (Å²) in [5, 5.41) is 8.13. The Bertz CT molecular complexity index is 722. The first-order valence-corrected chi connectivity index (χ1v) is 12.4. The Balaban J connectivity index is 1.98. The third kappa shape index (κ3) is 2.77. The Kier molecular flexibility index (Phi) is 4.44.